The van der Waals surface area contributed by atoms with Crippen molar-refractivity contribution in [2.24, 2.45) is 5.92 Å². The fourth-order valence-corrected chi connectivity index (χ4v) is 3.85. The first-order valence-corrected chi connectivity index (χ1v) is 8.23. The molecule has 0 atom stereocenters. The van der Waals surface area contributed by atoms with E-state index in [1.807, 2.05) is 22.4 Å². The molecule has 6 heteroatoms. The van der Waals surface area contributed by atoms with E-state index in [2.05, 4.69) is 5.32 Å². The van der Waals surface area contributed by atoms with E-state index in [0.717, 1.165) is 12.8 Å². The molecule has 2 heterocycles. The predicted octanol–water partition coefficient (Wildman–Crippen LogP) is 1.82. The van der Waals surface area contributed by atoms with Crippen molar-refractivity contribution in [1.29, 1.82) is 0 Å². The molecule has 1 aliphatic rings. The number of carbonyl (C=O) groups is 2. The summed E-state index contributed by atoms with van der Waals surface area (Å²) in [5, 5.41) is 4.69. The topological polar surface area (TPSA) is 49.4 Å². The zero-order valence-corrected chi connectivity index (χ0v) is 12.6. The van der Waals surface area contributed by atoms with E-state index in [-0.39, 0.29) is 17.7 Å². The van der Waals surface area contributed by atoms with Crippen molar-refractivity contribution in [3.63, 3.8) is 0 Å². The molecule has 1 saturated heterocycles. The van der Waals surface area contributed by atoms with Gasteiger partial charge in [0.2, 0.25) is 11.8 Å². The molecule has 2 amide bonds. The van der Waals surface area contributed by atoms with Gasteiger partial charge in [0.15, 0.2) is 0 Å². The lowest BCUT2D eigenvalue weighted by Crippen LogP contribution is -2.43. The standard InChI is InChI=1S/C13H18N2O2S2/c1-14-13(17)10-4-6-15(7-5-10)11(16)9-19-12-3-2-8-18-12/h2-3,8,10H,4-7,9H2,1H3,(H,14,17). The largest absolute Gasteiger partial charge is 0.359 e. The third kappa shape index (κ3) is 3.98. The summed E-state index contributed by atoms with van der Waals surface area (Å²) in [6, 6.07) is 4.02. The molecule has 0 saturated carbocycles. The molecule has 4 nitrogen and oxygen atoms in total. The first-order valence-electron chi connectivity index (χ1n) is 6.36. The van der Waals surface area contributed by atoms with Crippen LogP contribution in [0.5, 0.6) is 0 Å². The molecule has 1 N–H and O–H groups in total. The Morgan fingerprint density at radius 1 is 1.47 bits per heavy atom. The first-order chi connectivity index (χ1) is 9.20. The normalized spacial score (nSPS) is 16.4. The van der Waals surface area contributed by atoms with E-state index in [0.29, 0.717) is 18.8 Å². The number of nitrogens with one attached hydrogen (secondary N) is 1. The van der Waals surface area contributed by atoms with Crippen molar-refractivity contribution >= 4 is 34.9 Å². The summed E-state index contributed by atoms with van der Waals surface area (Å²) in [5.74, 6) is 0.832. The van der Waals surface area contributed by atoms with Crippen molar-refractivity contribution in [2.75, 3.05) is 25.9 Å². The van der Waals surface area contributed by atoms with Crippen molar-refractivity contribution < 1.29 is 9.59 Å². The number of thioether (sulfide) groups is 1. The third-order valence-corrected chi connectivity index (χ3v) is 5.41. The Morgan fingerprint density at radius 3 is 2.79 bits per heavy atom. The quantitative estimate of drug-likeness (QED) is 0.863. The van der Waals surface area contributed by atoms with Gasteiger partial charge in [-0.05, 0) is 24.3 Å². The average molecular weight is 298 g/mol. The molecule has 0 aliphatic carbocycles. The smallest absolute Gasteiger partial charge is 0.232 e. The van der Waals surface area contributed by atoms with Crippen molar-refractivity contribution in [3.05, 3.63) is 17.5 Å². The molecule has 0 spiro atoms. The second-order valence-electron chi connectivity index (χ2n) is 4.49. The van der Waals surface area contributed by atoms with Gasteiger partial charge in [0.1, 0.15) is 0 Å². The fourth-order valence-electron chi connectivity index (χ4n) is 2.16. The number of likely N-dealkylation sites (tertiary alicyclic amines) is 1. The zero-order chi connectivity index (χ0) is 13.7. The number of carbonyl (C=O) groups excluding carboxylic acids is 2. The number of rotatable bonds is 4. The first kappa shape index (κ1) is 14.4. The molecule has 0 aromatic carbocycles. The molecular formula is C13H18N2O2S2. The van der Waals surface area contributed by atoms with Gasteiger partial charge in [-0.1, -0.05) is 6.07 Å². The van der Waals surface area contributed by atoms with Gasteiger partial charge in [-0.2, -0.15) is 0 Å². The molecule has 1 aromatic rings. The van der Waals surface area contributed by atoms with E-state index in [9.17, 15) is 9.59 Å². The Bertz CT molecular complexity index is 426. The van der Waals surface area contributed by atoms with Crippen molar-refractivity contribution in [1.82, 2.24) is 10.2 Å². The Hall–Kier alpha value is -1.01. The molecule has 0 radical (unpaired) electrons. The third-order valence-electron chi connectivity index (χ3n) is 3.30. The minimum atomic E-state index is 0.0685. The second-order valence-corrected chi connectivity index (χ2v) is 6.71. The van der Waals surface area contributed by atoms with Gasteiger partial charge in [-0.25, -0.2) is 0 Å². The highest BCUT2D eigenvalue weighted by Crippen LogP contribution is 2.24. The Labute approximate surface area is 121 Å². The van der Waals surface area contributed by atoms with E-state index >= 15 is 0 Å². The molecule has 1 aromatic heterocycles. The van der Waals surface area contributed by atoms with Crippen LogP contribution in [0.2, 0.25) is 0 Å². The van der Waals surface area contributed by atoms with Gasteiger partial charge in [-0.15, -0.1) is 23.1 Å². The highest BCUT2D eigenvalue weighted by Gasteiger charge is 2.26. The van der Waals surface area contributed by atoms with Crippen molar-refractivity contribution in [3.8, 4) is 0 Å². The van der Waals surface area contributed by atoms with Gasteiger partial charge in [0.05, 0.1) is 9.96 Å². The molecular weight excluding hydrogens is 280 g/mol. The van der Waals surface area contributed by atoms with Crippen molar-refractivity contribution in [2.45, 2.75) is 17.1 Å². The fraction of sp³-hybridized carbons (Fsp3) is 0.538. The maximum atomic E-state index is 12.0. The zero-order valence-electron chi connectivity index (χ0n) is 10.9. The molecule has 104 valence electrons. The molecule has 1 fully saturated rings. The van der Waals surface area contributed by atoms with E-state index in [1.54, 1.807) is 30.1 Å². The Kier molecular flexibility index (Phi) is 5.27. The number of hydrogen-bond donors (Lipinski definition) is 1. The van der Waals surface area contributed by atoms with Crippen LogP contribution in [0.1, 0.15) is 12.8 Å². The lowest BCUT2D eigenvalue weighted by atomic mass is 9.96. The molecule has 0 unspecified atom stereocenters. The number of thiophene rings is 1. The Morgan fingerprint density at radius 2 is 2.21 bits per heavy atom. The maximum absolute atomic E-state index is 12.0. The average Bonchev–Trinajstić information content (AvgIpc) is 2.97. The van der Waals surface area contributed by atoms with Crippen LogP contribution >= 0.6 is 23.1 Å². The van der Waals surface area contributed by atoms with Gasteiger partial charge in [0, 0.05) is 26.1 Å². The number of amides is 2. The van der Waals surface area contributed by atoms with E-state index < -0.39 is 0 Å². The van der Waals surface area contributed by atoms with Crippen LogP contribution < -0.4 is 5.32 Å². The summed E-state index contributed by atoms with van der Waals surface area (Å²) in [4.78, 5) is 25.4. The lowest BCUT2D eigenvalue weighted by molar-refractivity contribution is -0.133. The summed E-state index contributed by atoms with van der Waals surface area (Å²) in [6.07, 6.45) is 1.55. The summed E-state index contributed by atoms with van der Waals surface area (Å²) >= 11 is 3.25. The summed E-state index contributed by atoms with van der Waals surface area (Å²) in [5.41, 5.74) is 0. The predicted molar refractivity (Wildman–Crippen MR) is 78.4 cm³/mol. The minimum Gasteiger partial charge on any atom is -0.359 e. The minimum absolute atomic E-state index is 0.0685. The van der Waals surface area contributed by atoms with Crippen LogP contribution in [0.15, 0.2) is 21.7 Å². The number of hydrogen-bond acceptors (Lipinski definition) is 4. The van der Waals surface area contributed by atoms with E-state index in [1.165, 1.54) is 4.21 Å². The molecule has 0 bridgehead atoms. The van der Waals surface area contributed by atoms with Gasteiger partial charge < -0.3 is 10.2 Å². The SMILES string of the molecule is CNC(=O)C1CCN(C(=O)CSc2cccs2)CC1. The van der Waals surface area contributed by atoms with E-state index in [4.69, 9.17) is 0 Å². The highest BCUT2D eigenvalue weighted by molar-refractivity contribution is 8.01. The van der Waals surface area contributed by atoms with Gasteiger partial charge in [0.25, 0.3) is 0 Å². The maximum Gasteiger partial charge on any atom is 0.232 e. The lowest BCUT2D eigenvalue weighted by Gasteiger charge is -2.31. The summed E-state index contributed by atoms with van der Waals surface area (Å²) in [6.45, 7) is 1.39. The summed E-state index contributed by atoms with van der Waals surface area (Å²) < 4.78 is 1.17. The highest BCUT2D eigenvalue weighted by atomic mass is 32.2. The van der Waals surface area contributed by atoms with Crippen LogP contribution in [0, 0.1) is 5.92 Å². The molecule has 19 heavy (non-hydrogen) atoms. The number of nitrogens with zero attached hydrogens (tertiary/aromatic N) is 1. The van der Waals surface area contributed by atoms with Gasteiger partial charge in [-0.3, -0.25) is 9.59 Å². The van der Waals surface area contributed by atoms with Crippen LogP contribution in [-0.2, 0) is 9.59 Å². The summed E-state index contributed by atoms with van der Waals surface area (Å²) in [7, 11) is 1.66. The van der Waals surface area contributed by atoms with Crippen LogP contribution in [-0.4, -0.2) is 42.6 Å². The Balaban J connectivity index is 1.74. The molecule has 2 rings (SSSR count). The monoisotopic (exact) mass is 298 g/mol. The molecule has 1 aliphatic heterocycles. The van der Waals surface area contributed by atoms with Gasteiger partial charge >= 0.3 is 0 Å². The second kappa shape index (κ2) is 6.96. The number of piperidine rings is 1. The van der Waals surface area contributed by atoms with Crippen LogP contribution in [0.25, 0.3) is 0 Å². The van der Waals surface area contributed by atoms with Crippen LogP contribution in [0.4, 0.5) is 0 Å². The van der Waals surface area contributed by atoms with Crippen LogP contribution in [0.3, 0.4) is 0 Å².